The molecule has 0 unspecified atom stereocenters. The first kappa shape index (κ1) is 12.4. The molecule has 0 radical (unpaired) electrons. The minimum absolute atomic E-state index is 0.0277. The molecule has 1 fully saturated rings. The molecule has 0 saturated heterocycles. The van der Waals surface area contributed by atoms with E-state index in [2.05, 4.69) is 4.98 Å². The topological polar surface area (TPSA) is 33.1 Å². The summed E-state index contributed by atoms with van der Waals surface area (Å²) in [6, 6.07) is 2.43. The third-order valence-electron chi connectivity index (χ3n) is 3.53. The quantitative estimate of drug-likeness (QED) is 0.869. The van der Waals surface area contributed by atoms with Crippen molar-refractivity contribution < 1.29 is 18.3 Å². The van der Waals surface area contributed by atoms with E-state index in [0.717, 1.165) is 31.7 Å². The highest BCUT2D eigenvalue weighted by molar-refractivity contribution is 5.26. The van der Waals surface area contributed by atoms with E-state index in [9.17, 15) is 18.3 Å². The van der Waals surface area contributed by atoms with Crippen molar-refractivity contribution in [2.45, 2.75) is 37.3 Å². The number of nitrogens with zero attached hydrogens (tertiary/aromatic N) is 1. The van der Waals surface area contributed by atoms with Gasteiger partial charge in [0.15, 0.2) is 0 Å². The number of aromatic nitrogens is 1. The molecule has 1 aliphatic rings. The Labute approximate surface area is 97.5 Å². The van der Waals surface area contributed by atoms with Gasteiger partial charge in [-0.1, -0.05) is 18.9 Å². The largest absolute Gasteiger partial charge is 0.433 e. The van der Waals surface area contributed by atoms with Gasteiger partial charge in [-0.2, -0.15) is 13.2 Å². The van der Waals surface area contributed by atoms with E-state index in [0.29, 0.717) is 5.56 Å². The van der Waals surface area contributed by atoms with Crippen LogP contribution in [0.5, 0.6) is 0 Å². The third kappa shape index (κ3) is 2.29. The van der Waals surface area contributed by atoms with Gasteiger partial charge in [-0.15, -0.1) is 0 Å². The fourth-order valence-corrected chi connectivity index (χ4v) is 2.47. The minimum atomic E-state index is -4.40. The summed E-state index contributed by atoms with van der Waals surface area (Å²) in [5.41, 5.74) is -0.547. The van der Waals surface area contributed by atoms with Gasteiger partial charge in [-0.3, -0.25) is 4.98 Å². The van der Waals surface area contributed by atoms with Gasteiger partial charge in [0.2, 0.25) is 0 Å². The number of rotatable bonds is 2. The zero-order chi connectivity index (χ0) is 12.5. The van der Waals surface area contributed by atoms with Crippen LogP contribution in [0.4, 0.5) is 13.2 Å². The molecular formula is C12H14F3NO. The van der Waals surface area contributed by atoms with E-state index >= 15 is 0 Å². The average Bonchev–Trinajstić information content (AvgIpc) is 2.78. The summed E-state index contributed by atoms with van der Waals surface area (Å²) in [6.07, 6.45) is 0.487. The van der Waals surface area contributed by atoms with E-state index in [1.165, 1.54) is 12.3 Å². The van der Waals surface area contributed by atoms with Crippen LogP contribution in [0.3, 0.4) is 0 Å². The Kier molecular flexibility index (Phi) is 3.12. The third-order valence-corrected chi connectivity index (χ3v) is 3.53. The fourth-order valence-electron chi connectivity index (χ4n) is 2.47. The molecule has 1 N–H and O–H groups in total. The molecule has 0 aliphatic heterocycles. The molecule has 0 amide bonds. The lowest BCUT2D eigenvalue weighted by Crippen LogP contribution is -2.27. The molecule has 0 spiro atoms. The molecule has 1 aliphatic carbocycles. The Morgan fingerprint density at radius 3 is 2.29 bits per heavy atom. The van der Waals surface area contributed by atoms with E-state index in [1.54, 1.807) is 0 Å². The summed E-state index contributed by atoms with van der Waals surface area (Å²) in [7, 11) is 0. The molecule has 0 atom stereocenters. The van der Waals surface area contributed by atoms with E-state index < -0.39 is 11.9 Å². The van der Waals surface area contributed by atoms with Crippen LogP contribution < -0.4 is 0 Å². The lowest BCUT2D eigenvalue weighted by atomic mass is 9.80. The summed E-state index contributed by atoms with van der Waals surface area (Å²) < 4.78 is 37.1. The highest BCUT2D eigenvalue weighted by atomic mass is 19.4. The van der Waals surface area contributed by atoms with Gasteiger partial charge >= 0.3 is 6.18 Å². The molecule has 17 heavy (non-hydrogen) atoms. The van der Waals surface area contributed by atoms with Crippen molar-refractivity contribution in [2.24, 2.45) is 0 Å². The maximum atomic E-state index is 12.4. The maximum Gasteiger partial charge on any atom is 0.433 e. The predicted octanol–water partition coefficient (Wildman–Crippen LogP) is 2.90. The van der Waals surface area contributed by atoms with E-state index in [1.807, 2.05) is 0 Å². The zero-order valence-corrected chi connectivity index (χ0v) is 9.30. The predicted molar refractivity (Wildman–Crippen MR) is 56.5 cm³/mol. The summed E-state index contributed by atoms with van der Waals surface area (Å²) in [6.45, 7) is -0.0277. The molecule has 2 rings (SSSR count). The number of hydrogen-bond acceptors (Lipinski definition) is 2. The van der Waals surface area contributed by atoms with Crippen LogP contribution in [-0.2, 0) is 11.6 Å². The minimum Gasteiger partial charge on any atom is -0.395 e. The van der Waals surface area contributed by atoms with Gasteiger partial charge in [0.25, 0.3) is 0 Å². The average molecular weight is 245 g/mol. The number of aliphatic hydroxyl groups is 1. The normalized spacial score (nSPS) is 19.5. The lowest BCUT2D eigenvalue weighted by Gasteiger charge is -2.26. The Morgan fingerprint density at radius 1 is 1.24 bits per heavy atom. The van der Waals surface area contributed by atoms with Crippen molar-refractivity contribution >= 4 is 0 Å². The molecule has 2 nitrogen and oxygen atoms in total. The Morgan fingerprint density at radius 2 is 1.88 bits per heavy atom. The highest BCUT2D eigenvalue weighted by Gasteiger charge is 2.37. The van der Waals surface area contributed by atoms with Crippen molar-refractivity contribution in [2.75, 3.05) is 6.61 Å². The van der Waals surface area contributed by atoms with Crippen molar-refractivity contribution in [1.82, 2.24) is 4.98 Å². The molecule has 0 bridgehead atoms. The first-order valence-corrected chi connectivity index (χ1v) is 5.62. The van der Waals surface area contributed by atoms with E-state index in [4.69, 9.17) is 0 Å². The van der Waals surface area contributed by atoms with E-state index in [-0.39, 0.29) is 12.0 Å². The molecule has 1 saturated carbocycles. The van der Waals surface area contributed by atoms with Crippen molar-refractivity contribution in [3.05, 3.63) is 29.6 Å². The summed E-state index contributed by atoms with van der Waals surface area (Å²) in [4.78, 5) is 3.45. The van der Waals surface area contributed by atoms with Crippen molar-refractivity contribution in [3.63, 3.8) is 0 Å². The van der Waals surface area contributed by atoms with Crippen LogP contribution in [-0.4, -0.2) is 16.7 Å². The maximum absolute atomic E-state index is 12.4. The molecule has 1 aromatic heterocycles. The Hall–Kier alpha value is -1.10. The second-order valence-electron chi connectivity index (χ2n) is 4.58. The first-order chi connectivity index (χ1) is 7.98. The second-order valence-corrected chi connectivity index (χ2v) is 4.58. The SMILES string of the molecule is OCC1(c2ccc(C(F)(F)F)nc2)CCCC1. The lowest BCUT2D eigenvalue weighted by molar-refractivity contribution is -0.141. The summed E-state index contributed by atoms with van der Waals surface area (Å²) in [5.74, 6) is 0. The fraction of sp³-hybridized carbons (Fsp3) is 0.583. The Bertz CT molecular complexity index is 380. The highest BCUT2D eigenvalue weighted by Crippen LogP contribution is 2.40. The standard InChI is InChI=1S/C12H14F3NO/c13-12(14,15)10-4-3-9(7-16-10)11(8-17)5-1-2-6-11/h3-4,7,17H,1-2,5-6,8H2. The van der Waals surface area contributed by atoms with Gasteiger partial charge in [0.05, 0.1) is 6.61 Å². The number of aliphatic hydroxyl groups excluding tert-OH is 1. The smallest absolute Gasteiger partial charge is 0.395 e. The van der Waals surface area contributed by atoms with Gasteiger partial charge in [0, 0.05) is 11.6 Å². The van der Waals surface area contributed by atoms with Crippen LogP contribution in [0.1, 0.15) is 36.9 Å². The molecule has 5 heteroatoms. The number of pyridine rings is 1. The molecule has 94 valence electrons. The van der Waals surface area contributed by atoms with Gasteiger partial charge in [-0.25, -0.2) is 0 Å². The van der Waals surface area contributed by atoms with Crippen LogP contribution in [0, 0.1) is 0 Å². The monoisotopic (exact) mass is 245 g/mol. The van der Waals surface area contributed by atoms with Crippen LogP contribution in [0.2, 0.25) is 0 Å². The van der Waals surface area contributed by atoms with Crippen LogP contribution >= 0.6 is 0 Å². The zero-order valence-electron chi connectivity index (χ0n) is 9.30. The second kappa shape index (κ2) is 4.29. The van der Waals surface area contributed by atoms with Crippen LogP contribution in [0.25, 0.3) is 0 Å². The molecular weight excluding hydrogens is 231 g/mol. The first-order valence-electron chi connectivity index (χ1n) is 5.62. The molecule has 0 aromatic carbocycles. The van der Waals surface area contributed by atoms with Gasteiger partial charge < -0.3 is 5.11 Å². The molecule has 1 aromatic rings. The van der Waals surface area contributed by atoms with Crippen LogP contribution in [0.15, 0.2) is 18.3 Å². The van der Waals surface area contributed by atoms with Crippen molar-refractivity contribution in [1.29, 1.82) is 0 Å². The summed E-state index contributed by atoms with van der Waals surface area (Å²) >= 11 is 0. The Balaban J connectivity index is 2.28. The van der Waals surface area contributed by atoms with Gasteiger partial charge in [0.1, 0.15) is 5.69 Å². The summed E-state index contributed by atoms with van der Waals surface area (Å²) in [5, 5.41) is 9.45. The number of alkyl halides is 3. The van der Waals surface area contributed by atoms with Crippen molar-refractivity contribution in [3.8, 4) is 0 Å². The number of halogens is 3. The van der Waals surface area contributed by atoms with Gasteiger partial charge in [-0.05, 0) is 24.5 Å². The molecule has 1 heterocycles. The number of hydrogen-bond donors (Lipinski definition) is 1.